The van der Waals surface area contributed by atoms with Crippen LogP contribution in [-0.4, -0.2) is 62.9 Å². The summed E-state index contributed by atoms with van der Waals surface area (Å²) in [5.41, 5.74) is 0.128. The molecule has 24 heavy (non-hydrogen) atoms. The maximum atomic E-state index is 14.0. The van der Waals surface area contributed by atoms with Gasteiger partial charge in [-0.15, -0.1) is 12.4 Å². The summed E-state index contributed by atoms with van der Waals surface area (Å²) in [6, 6.07) is 1.89. The van der Waals surface area contributed by atoms with Crippen LogP contribution in [0.1, 0.15) is 12.0 Å². The molecular weight excluding hydrogens is 360 g/mol. The van der Waals surface area contributed by atoms with Gasteiger partial charge in [-0.05, 0) is 25.0 Å². The lowest BCUT2D eigenvalue weighted by Gasteiger charge is -2.32. The Hall–Kier alpha value is -0.800. The second kappa shape index (κ2) is 7.61. The lowest BCUT2D eigenvalue weighted by Crippen LogP contribution is -2.49. The summed E-state index contributed by atoms with van der Waals surface area (Å²) in [6.45, 7) is 5.74. The van der Waals surface area contributed by atoms with Crippen LogP contribution >= 0.6 is 12.4 Å². The third kappa shape index (κ3) is 3.72. The molecule has 0 aliphatic carbocycles. The Bertz CT molecular complexity index is 696. The first-order valence-electron chi connectivity index (χ1n) is 7.80. The minimum absolute atomic E-state index is 0. The van der Waals surface area contributed by atoms with Crippen LogP contribution in [0.5, 0.6) is 0 Å². The number of aryl methyl sites for hydroxylation is 1. The van der Waals surface area contributed by atoms with Crippen LogP contribution < -0.4 is 5.32 Å². The zero-order valence-corrected chi connectivity index (χ0v) is 15.1. The van der Waals surface area contributed by atoms with Gasteiger partial charge in [-0.1, -0.05) is 0 Å². The van der Waals surface area contributed by atoms with Crippen LogP contribution in [0, 0.1) is 18.6 Å². The molecule has 3 rings (SSSR count). The molecule has 0 spiro atoms. The number of benzene rings is 1. The van der Waals surface area contributed by atoms with E-state index in [2.05, 4.69) is 10.2 Å². The first kappa shape index (κ1) is 19.5. The Morgan fingerprint density at radius 2 is 1.79 bits per heavy atom. The van der Waals surface area contributed by atoms with Crippen LogP contribution in [0.25, 0.3) is 0 Å². The van der Waals surface area contributed by atoms with Crippen molar-refractivity contribution in [2.75, 3.05) is 39.3 Å². The molecule has 2 heterocycles. The van der Waals surface area contributed by atoms with Gasteiger partial charge in [0.25, 0.3) is 0 Å². The molecule has 2 saturated heterocycles. The Balaban J connectivity index is 0.00000208. The highest BCUT2D eigenvalue weighted by Crippen LogP contribution is 2.27. The van der Waals surface area contributed by atoms with Crippen molar-refractivity contribution >= 4 is 22.4 Å². The molecule has 1 aromatic rings. The van der Waals surface area contributed by atoms with Gasteiger partial charge in [0, 0.05) is 51.4 Å². The summed E-state index contributed by atoms with van der Waals surface area (Å²) < 4.78 is 54.0. The molecule has 0 radical (unpaired) electrons. The number of rotatable bonds is 3. The first-order valence-corrected chi connectivity index (χ1v) is 9.24. The Labute approximate surface area is 147 Å². The zero-order valence-electron chi connectivity index (χ0n) is 13.5. The highest BCUT2D eigenvalue weighted by molar-refractivity contribution is 7.89. The van der Waals surface area contributed by atoms with Crippen molar-refractivity contribution in [1.82, 2.24) is 14.5 Å². The molecule has 0 amide bonds. The van der Waals surface area contributed by atoms with Crippen LogP contribution in [0.3, 0.4) is 0 Å². The summed E-state index contributed by atoms with van der Waals surface area (Å²) in [5, 5.41) is 3.27. The minimum Gasteiger partial charge on any atom is -0.314 e. The second-order valence-corrected chi connectivity index (χ2v) is 8.03. The lowest BCUT2D eigenvalue weighted by molar-refractivity contribution is 0.179. The number of sulfonamides is 1. The van der Waals surface area contributed by atoms with Crippen molar-refractivity contribution in [2.24, 2.45) is 0 Å². The fraction of sp³-hybridized carbons (Fsp3) is 0.600. The maximum absolute atomic E-state index is 14.0. The highest BCUT2D eigenvalue weighted by atomic mass is 35.5. The Morgan fingerprint density at radius 3 is 2.46 bits per heavy atom. The molecule has 0 aromatic heterocycles. The summed E-state index contributed by atoms with van der Waals surface area (Å²) in [7, 11) is -3.93. The zero-order chi connectivity index (χ0) is 16.6. The van der Waals surface area contributed by atoms with E-state index in [9.17, 15) is 17.2 Å². The van der Waals surface area contributed by atoms with Crippen LogP contribution in [-0.2, 0) is 10.0 Å². The minimum atomic E-state index is -3.93. The van der Waals surface area contributed by atoms with Gasteiger partial charge in [-0.25, -0.2) is 17.2 Å². The molecule has 136 valence electrons. The van der Waals surface area contributed by atoms with E-state index >= 15 is 0 Å². The molecule has 2 aliphatic heterocycles. The molecule has 1 unspecified atom stereocenters. The van der Waals surface area contributed by atoms with Gasteiger partial charge in [0.15, 0.2) is 0 Å². The third-order valence-corrected chi connectivity index (χ3v) is 6.51. The van der Waals surface area contributed by atoms with E-state index in [1.54, 1.807) is 0 Å². The second-order valence-electron chi connectivity index (χ2n) is 6.12. The van der Waals surface area contributed by atoms with Crippen LogP contribution in [0.2, 0.25) is 0 Å². The number of halogens is 3. The number of nitrogens with one attached hydrogen (secondary N) is 1. The fourth-order valence-electron chi connectivity index (χ4n) is 3.24. The fourth-order valence-corrected chi connectivity index (χ4v) is 4.87. The molecule has 0 bridgehead atoms. The van der Waals surface area contributed by atoms with Crippen LogP contribution in [0.15, 0.2) is 17.0 Å². The van der Waals surface area contributed by atoms with E-state index in [1.165, 1.54) is 11.2 Å². The molecule has 2 aliphatic rings. The monoisotopic (exact) mass is 381 g/mol. The molecule has 1 aromatic carbocycles. The normalized spacial score (nSPS) is 23.2. The number of hydrogen-bond donors (Lipinski definition) is 1. The van der Waals surface area contributed by atoms with E-state index in [1.807, 2.05) is 0 Å². The van der Waals surface area contributed by atoms with E-state index < -0.39 is 26.6 Å². The van der Waals surface area contributed by atoms with Gasteiger partial charge < -0.3 is 5.32 Å². The van der Waals surface area contributed by atoms with Gasteiger partial charge in [-0.2, -0.15) is 4.31 Å². The average Bonchev–Trinajstić information content (AvgIpc) is 3.02. The van der Waals surface area contributed by atoms with Crippen molar-refractivity contribution in [1.29, 1.82) is 0 Å². The van der Waals surface area contributed by atoms with Gasteiger partial charge in [0.05, 0.1) is 0 Å². The van der Waals surface area contributed by atoms with E-state index in [0.29, 0.717) is 19.2 Å². The van der Waals surface area contributed by atoms with Gasteiger partial charge in [-0.3, -0.25) is 4.90 Å². The highest BCUT2D eigenvalue weighted by Gasteiger charge is 2.37. The van der Waals surface area contributed by atoms with Crippen molar-refractivity contribution in [3.05, 3.63) is 29.3 Å². The maximum Gasteiger partial charge on any atom is 0.246 e. The van der Waals surface area contributed by atoms with Crippen LogP contribution in [0.4, 0.5) is 8.78 Å². The molecule has 2 fully saturated rings. The first-order chi connectivity index (χ1) is 10.9. The quantitative estimate of drug-likeness (QED) is 0.859. The summed E-state index contributed by atoms with van der Waals surface area (Å²) in [5.74, 6) is -1.76. The van der Waals surface area contributed by atoms with Gasteiger partial charge in [0.2, 0.25) is 10.0 Å². The number of hydrogen-bond acceptors (Lipinski definition) is 4. The summed E-state index contributed by atoms with van der Waals surface area (Å²) in [6.07, 6.45) is 0.737. The van der Waals surface area contributed by atoms with Gasteiger partial charge in [0.1, 0.15) is 16.5 Å². The third-order valence-electron chi connectivity index (χ3n) is 4.63. The molecular formula is C15H22ClF2N3O2S. The Kier molecular flexibility index (Phi) is 6.19. The largest absolute Gasteiger partial charge is 0.314 e. The predicted octanol–water partition coefficient (Wildman–Crippen LogP) is 1.36. The molecule has 1 N–H and O–H groups in total. The van der Waals surface area contributed by atoms with Crippen molar-refractivity contribution in [3.8, 4) is 0 Å². The average molecular weight is 382 g/mol. The van der Waals surface area contributed by atoms with Crippen molar-refractivity contribution < 1.29 is 17.2 Å². The SMILES string of the molecule is Cc1cc(S(=O)(=O)N2CCC(N3CCNCC3)C2)c(F)cc1F.Cl. The van der Waals surface area contributed by atoms with Crippen molar-refractivity contribution in [2.45, 2.75) is 24.3 Å². The van der Waals surface area contributed by atoms with E-state index in [0.717, 1.165) is 38.7 Å². The standard InChI is InChI=1S/C15H21F2N3O2S.ClH/c1-11-8-15(14(17)9-13(11)16)23(21,22)20-5-2-12(10-20)19-6-3-18-4-7-19;/h8-9,12,18H,2-7,10H2,1H3;1H. The van der Waals surface area contributed by atoms with E-state index in [4.69, 9.17) is 0 Å². The predicted molar refractivity (Wildman–Crippen MR) is 89.9 cm³/mol. The number of piperazine rings is 1. The molecule has 9 heteroatoms. The molecule has 0 saturated carbocycles. The molecule has 5 nitrogen and oxygen atoms in total. The van der Waals surface area contributed by atoms with Crippen molar-refractivity contribution in [3.63, 3.8) is 0 Å². The van der Waals surface area contributed by atoms with E-state index in [-0.39, 0.29) is 24.0 Å². The Morgan fingerprint density at radius 1 is 1.12 bits per heavy atom. The lowest BCUT2D eigenvalue weighted by atomic mass is 10.2. The topological polar surface area (TPSA) is 52.7 Å². The summed E-state index contributed by atoms with van der Waals surface area (Å²) in [4.78, 5) is 1.84. The van der Waals surface area contributed by atoms with Gasteiger partial charge >= 0.3 is 0 Å². The number of nitrogens with zero attached hydrogens (tertiary/aromatic N) is 2. The molecule has 1 atom stereocenters. The smallest absolute Gasteiger partial charge is 0.246 e. The summed E-state index contributed by atoms with van der Waals surface area (Å²) >= 11 is 0.